The predicted molar refractivity (Wildman–Crippen MR) is 74.7 cm³/mol. The number of carboxylic acids is 1. The maximum absolute atomic E-state index is 14.0. The lowest BCUT2D eigenvalue weighted by atomic mass is 10.0. The molecule has 23 heavy (non-hydrogen) atoms. The number of aromatic nitrogens is 1. The SMILES string of the molecule is Cc1c(F)c(F)c([N+](=O)[O-])c2c1c(=O)c(C(=O)O)cn2C1CC1. The molecule has 1 aliphatic rings. The molecule has 0 radical (unpaired) electrons. The van der Waals surface area contributed by atoms with Gasteiger partial charge in [-0.1, -0.05) is 0 Å². The molecule has 1 saturated carbocycles. The third-order valence-electron chi connectivity index (χ3n) is 3.92. The van der Waals surface area contributed by atoms with Gasteiger partial charge in [0.15, 0.2) is 5.82 Å². The normalized spacial score (nSPS) is 14.2. The first-order valence-corrected chi connectivity index (χ1v) is 6.69. The molecule has 7 nitrogen and oxygen atoms in total. The number of rotatable bonds is 3. The number of carboxylic acid groups (broad SMARTS) is 1. The first-order valence-electron chi connectivity index (χ1n) is 6.69. The molecule has 1 N–H and O–H groups in total. The summed E-state index contributed by atoms with van der Waals surface area (Å²) in [4.78, 5) is 33.6. The zero-order chi connectivity index (χ0) is 17.0. The van der Waals surface area contributed by atoms with Crippen LogP contribution < -0.4 is 5.43 Å². The van der Waals surface area contributed by atoms with Gasteiger partial charge in [-0.25, -0.2) is 9.18 Å². The van der Waals surface area contributed by atoms with Gasteiger partial charge in [-0.3, -0.25) is 14.9 Å². The zero-order valence-electron chi connectivity index (χ0n) is 11.8. The van der Waals surface area contributed by atoms with E-state index in [1.54, 1.807) is 0 Å². The first-order chi connectivity index (χ1) is 10.8. The highest BCUT2D eigenvalue weighted by Crippen LogP contribution is 2.41. The number of nitro groups is 1. The van der Waals surface area contributed by atoms with Gasteiger partial charge in [0.05, 0.1) is 10.3 Å². The van der Waals surface area contributed by atoms with E-state index in [1.807, 2.05) is 0 Å². The van der Waals surface area contributed by atoms with E-state index in [-0.39, 0.29) is 11.6 Å². The van der Waals surface area contributed by atoms with E-state index in [0.29, 0.717) is 12.8 Å². The van der Waals surface area contributed by atoms with Gasteiger partial charge in [-0.05, 0) is 19.8 Å². The zero-order valence-corrected chi connectivity index (χ0v) is 11.8. The van der Waals surface area contributed by atoms with Crippen molar-refractivity contribution in [3.63, 3.8) is 0 Å². The molecule has 1 fully saturated rings. The van der Waals surface area contributed by atoms with Crippen LogP contribution in [0.15, 0.2) is 11.0 Å². The lowest BCUT2D eigenvalue weighted by Crippen LogP contribution is -2.21. The van der Waals surface area contributed by atoms with Crippen molar-refractivity contribution >= 4 is 22.6 Å². The second-order valence-electron chi connectivity index (χ2n) is 5.40. The molecular formula is C14H10F2N2O5. The van der Waals surface area contributed by atoms with Crippen molar-refractivity contribution < 1.29 is 23.6 Å². The Kier molecular flexibility index (Phi) is 3.17. The summed E-state index contributed by atoms with van der Waals surface area (Å²) in [6.07, 6.45) is 2.17. The molecule has 1 aromatic carbocycles. The van der Waals surface area contributed by atoms with Crippen molar-refractivity contribution in [1.82, 2.24) is 4.57 Å². The van der Waals surface area contributed by atoms with E-state index >= 15 is 0 Å². The molecule has 0 unspecified atom stereocenters. The van der Waals surface area contributed by atoms with Gasteiger partial charge in [0.1, 0.15) is 11.1 Å². The van der Waals surface area contributed by atoms with E-state index in [1.165, 1.54) is 4.57 Å². The standard InChI is InChI=1S/C14H10F2N2O5/c1-5-8-11(12(18(22)23)10(16)9(5)15)17(6-2-3-6)4-7(13(8)19)14(20)21/h4,6H,2-3H2,1H3,(H,20,21). The van der Waals surface area contributed by atoms with Gasteiger partial charge in [0.2, 0.25) is 11.2 Å². The number of aromatic carboxylic acids is 1. The summed E-state index contributed by atoms with van der Waals surface area (Å²) >= 11 is 0. The quantitative estimate of drug-likeness (QED) is 0.690. The van der Waals surface area contributed by atoms with E-state index in [2.05, 4.69) is 0 Å². The van der Waals surface area contributed by atoms with Gasteiger partial charge in [-0.2, -0.15) is 4.39 Å². The predicted octanol–water partition coefficient (Wildman–Crippen LogP) is 2.53. The monoisotopic (exact) mass is 324 g/mol. The summed E-state index contributed by atoms with van der Waals surface area (Å²) in [6.45, 7) is 1.09. The number of aryl methyl sites for hydroxylation is 1. The fraction of sp³-hybridized carbons (Fsp3) is 0.286. The van der Waals surface area contributed by atoms with Crippen molar-refractivity contribution in [3.8, 4) is 0 Å². The number of pyridine rings is 1. The molecule has 1 aliphatic carbocycles. The van der Waals surface area contributed by atoms with Crippen LogP contribution in [0.25, 0.3) is 10.9 Å². The van der Waals surface area contributed by atoms with Crippen LogP contribution in [0.3, 0.4) is 0 Å². The highest BCUT2D eigenvalue weighted by atomic mass is 19.2. The van der Waals surface area contributed by atoms with Gasteiger partial charge < -0.3 is 9.67 Å². The van der Waals surface area contributed by atoms with E-state index in [0.717, 1.165) is 13.1 Å². The van der Waals surface area contributed by atoms with Gasteiger partial charge in [0, 0.05) is 17.8 Å². The number of benzene rings is 1. The average molecular weight is 324 g/mol. The molecule has 120 valence electrons. The molecule has 0 amide bonds. The topological polar surface area (TPSA) is 102 Å². The van der Waals surface area contributed by atoms with Crippen LogP contribution in [-0.2, 0) is 0 Å². The van der Waals surface area contributed by atoms with Crippen LogP contribution in [0.4, 0.5) is 14.5 Å². The molecule has 0 spiro atoms. The fourth-order valence-corrected chi connectivity index (χ4v) is 2.66. The second kappa shape index (κ2) is 4.83. The van der Waals surface area contributed by atoms with Crippen molar-refractivity contribution in [2.24, 2.45) is 0 Å². The Bertz CT molecular complexity index is 947. The lowest BCUT2D eigenvalue weighted by molar-refractivity contribution is -0.386. The summed E-state index contributed by atoms with van der Waals surface area (Å²) in [5.41, 5.74) is -3.66. The first kappa shape index (κ1) is 15.1. The molecule has 0 atom stereocenters. The van der Waals surface area contributed by atoms with E-state index < -0.39 is 50.2 Å². The summed E-state index contributed by atoms with van der Waals surface area (Å²) in [6, 6.07) is -0.279. The smallest absolute Gasteiger partial charge is 0.341 e. The van der Waals surface area contributed by atoms with Crippen LogP contribution >= 0.6 is 0 Å². The van der Waals surface area contributed by atoms with Crippen molar-refractivity contribution in [2.45, 2.75) is 25.8 Å². The Morgan fingerprint density at radius 1 is 1.39 bits per heavy atom. The van der Waals surface area contributed by atoms with Crippen LogP contribution in [-0.4, -0.2) is 20.6 Å². The number of carbonyl (C=O) groups is 1. The summed E-state index contributed by atoms with van der Waals surface area (Å²) < 4.78 is 29.2. The molecular weight excluding hydrogens is 314 g/mol. The number of nitro benzene ring substituents is 1. The molecule has 1 aromatic heterocycles. The number of hydrogen-bond donors (Lipinski definition) is 1. The van der Waals surface area contributed by atoms with Crippen molar-refractivity contribution in [3.05, 3.63) is 49.3 Å². The highest BCUT2D eigenvalue weighted by molar-refractivity contribution is 5.97. The summed E-state index contributed by atoms with van der Waals surface area (Å²) in [7, 11) is 0. The molecule has 2 aromatic rings. The van der Waals surface area contributed by atoms with Crippen molar-refractivity contribution in [2.75, 3.05) is 0 Å². The Morgan fingerprint density at radius 2 is 2.00 bits per heavy atom. The summed E-state index contributed by atoms with van der Waals surface area (Å²) in [5, 5.41) is 19.9. The summed E-state index contributed by atoms with van der Waals surface area (Å²) in [5.74, 6) is -4.71. The van der Waals surface area contributed by atoms with E-state index in [9.17, 15) is 28.5 Å². The maximum atomic E-state index is 14.0. The molecule has 0 bridgehead atoms. The Hall–Kier alpha value is -2.84. The minimum atomic E-state index is -1.66. The maximum Gasteiger partial charge on any atom is 0.341 e. The average Bonchev–Trinajstić information content (AvgIpc) is 3.28. The van der Waals surface area contributed by atoms with Gasteiger partial charge in [0.25, 0.3) is 0 Å². The van der Waals surface area contributed by atoms with E-state index in [4.69, 9.17) is 5.11 Å². The molecule has 3 rings (SSSR count). The molecule has 9 heteroatoms. The molecule has 1 heterocycles. The molecule has 0 aliphatic heterocycles. The third-order valence-corrected chi connectivity index (χ3v) is 3.92. The van der Waals surface area contributed by atoms with Crippen molar-refractivity contribution in [1.29, 1.82) is 0 Å². The lowest BCUT2D eigenvalue weighted by Gasteiger charge is -2.14. The number of nitrogens with zero attached hydrogens (tertiary/aromatic N) is 2. The Balaban J connectivity index is 2.64. The van der Waals surface area contributed by atoms with Gasteiger partial charge in [-0.15, -0.1) is 0 Å². The van der Waals surface area contributed by atoms with Crippen LogP contribution in [0, 0.1) is 28.7 Å². The Labute approximate surface area is 126 Å². The number of fused-ring (bicyclic) bond motifs is 1. The highest BCUT2D eigenvalue weighted by Gasteiger charge is 2.35. The Morgan fingerprint density at radius 3 is 2.48 bits per heavy atom. The second-order valence-corrected chi connectivity index (χ2v) is 5.40. The minimum Gasteiger partial charge on any atom is -0.477 e. The fourth-order valence-electron chi connectivity index (χ4n) is 2.66. The van der Waals surface area contributed by atoms with Crippen LogP contribution in [0.5, 0.6) is 0 Å². The minimum absolute atomic E-state index is 0.279. The third kappa shape index (κ3) is 2.07. The number of hydrogen-bond acceptors (Lipinski definition) is 4. The van der Waals surface area contributed by atoms with Crippen LogP contribution in [0.2, 0.25) is 0 Å². The largest absolute Gasteiger partial charge is 0.477 e. The van der Waals surface area contributed by atoms with Gasteiger partial charge >= 0.3 is 11.7 Å². The number of halogens is 2. The molecule has 0 saturated heterocycles. The van der Waals surface area contributed by atoms with Crippen LogP contribution in [0.1, 0.15) is 34.8 Å².